The van der Waals surface area contributed by atoms with Gasteiger partial charge in [-0.15, -0.1) is 0 Å². The molecule has 0 amide bonds. The number of nitrogens with zero attached hydrogens (tertiary/aromatic N) is 2. The molecule has 5 heteroatoms. The predicted molar refractivity (Wildman–Crippen MR) is 85.8 cm³/mol. The van der Waals surface area contributed by atoms with Crippen molar-refractivity contribution in [3.05, 3.63) is 29.6 Å². The maximum Gasteiger partial charge on any atom is 0.248 e. The van der Waals surface area contributed by atoms with Crippen LogP contribution in [0.3, 0.4) is 0 Å². The van der Waals surface area contributed by atoms with Gasteiger partial charge < -0.3 is 4.57 Å². The van der Waals surface area contributed by atoms with Crippen molar-refractivity contribution in [1.29, 1.82) is 0 Å². The zero-order valence-electron chi connectivity index (χ0n) is 11.4. The van der Waals surface area contributed by atoms with Gasteiger partial charge in [0.15, 0.2) is 5.82 Å². The lowest BCUT2D eigenvalue weighted by molar-refractivity contribution is 0.353. The number of imidazole rings is 1. The molecule has 0 spiro atoms. The number of benzene rings is 1. The topological polar surface area (TPSA) is 17.8 Å². The maximum absolute atomic E-state index is 6.14. The molecule has 0 N–H and O–H groups in total. The van der Waals surface area contributed by atoms with Crippen LogP contribution in [0.25, 0.3) is 11.0 Å². The highest BCUT2D eigenvalue weighted by atomic mass is 35.6. The Kier molecular flexibility index (Phi) is 3.91. The molecule has 1 aliphatic carbocycles. The molecular formula is C15H17Cl3N2. The molecule has 108 valence electrons. The van der Waals surface area contributed by atoms with Crippen LogP contribution in [0.2, 0.25) is 0 Å². The van der Waals surface area contributed by atoms with Gasteiger partial charge in [0.25, 0.3) is 0 Å². The summed E-state index contributed by atoms with van der Waals surface area (Å²) in [5.41, 5.74) is 3.19. The van der Waals surface area contributed by atoms with Gasteiger partial charge in [-0.3, -0.25) is 0 Å². The molecule has 1 aliphatic rings. The number of rotatable bonds is 1. The van der Waals surface area contributed by atoms with Crippen molar-refractivity contribution < 1.29 is 0 Å². The quantitative estimate of drug-likeness (QED) is 0.615. The number of hydrogen-bond donors (Lipinski definition) is 0. The number of hydrogen-bond acceptors (Lipinski definition) is 1. The Morgan fingerprint density at radius 1 is 1.15 bits per heavy atom. The number of halogens is 3. The molecule has 20 heavy (non-hydrogen) atoms. The first-order chi connectivity index (χ1) is 9.47. The Bertz CT molecular complexity index is 622. The second kappa shape index (κ2) is 5.40. The number of alkyl halides is 3. The second-order valence-corrected chi connectivity index (χ2v) is 7.87. The molecule has 2 aromatic rings. The third kappa shape index (κ3) is 2.66. The molecule has 1 aromatic heterocycles. The Morgan fingerprint density at radius 2 is 1.85 bits per heavy atom. The highest BCUT2D eigenvalue weighted by molar-refractivity contribution is 6.66. The fraction of sp³-hybridized carbons (Fsp3) is 0.533. The molecule has 0 atom stereocenters. The Morgan fingerprint density at radius 3 is 2.50 bits per heavy atom. The molecular weight excluding hydrogens is 315 g/mol. The molecule has 1 fully saturated rings. The monoisotopic (exact) mass is 330 g/mol. The van der Waals surface area contributed by atoms with E-state index in [0.29, 0.717) is 11.9 Å². The minimum absolute atomic E-state index is 0.390. The number of aryl methyl sites for hydroxylation is 1. The van der Waals surface area contributed by atoms with E-state index in [1.807, 2.05) is 12.1 Å². The Balaban J connectivity index is 2.21. The minimum atomic E-state index is -1.48. The largest absolute Gasteiger partial charge is 0.321 e. The molecule has 0 unspecified atom stereocenters. The van der Waals surface area contributed by atoms with E-state index >= 15 is 0 Å². The van der Waals surface area contributed by atoms with Gasteiger partial charge in [0.2, 0.25) is 3.79 Å². The molecule has 0 bridgehead atoms. The van der Waals surface area contributed by atoms with E-state index < -0.39 is 3.79 Å². The summed E-state index contributed by atoms with van der Waals surface area (Å²) < 4.78 is 0.679. The lowest BCUT2D eigenvalue weighted by Crippen LogP contribution is -2.19. The summed E-state index contributed by atoms with van der Waals surface area (Å²) in [4.78, 5) is 4.57. The Labute approximate surface area is 134 Å². The second-order valence-electron chi connectivity index (χ2n) is 5.59. The van der Waals surface area contributed by atoms with E-state index in [-0.39, 0.29) is 0 Å². The maximum atomic E-state index is 6.14. The van der Waals surface area contributed by atoms with E-state index in [4.69, 9.17) is 34.8 Å². The van der Waals surface area contributed by atoms with Crippen molar-refractivity contribution in [3.8, 4) is 0 Å². The fourth-order valence-corrected chi connectivity index (χ4v) is 3.51. The van der Waals surface area contributed by atoms with Crippen LogP contribution in [-0.2, 0) is 3.79 Å². The van der Waals surface area contributed by atoms with Gasteiger partial charge >= 0.3 is 0 Å². The molecule has 0 saturated heterocycles. The molecule has 3 rings (SSSR count). The van der Waals surface area contributed by atoms with Crippen LogP contribution in [-0.4, -0.2) is 9.55 Å². The smallest absolute Gasteiger partial charge is 0.248 e. The fourth-order valence-electron chi connectivity index (χ4n) is 3.11. The standard InChI is InChI=1S/C15H17Cl3N2/c1-10-7-8-12-13(9-10)20(11-5-3-2-4-6-11)14(19-12)15(16,17)18/h7-9,11H,2-6H2,1H3. The van der Waals surface area contributed by atoms with Crippen molar-refractivity contribution >= 4 is 45.8 Å². The summed E-state index contributed by atoms with van der Waals surface area (Å²) in [6.07, 6.45) is 6.02. The van der Waals surface area contributed by atoms with Crippen LogP contribution in [0.4, 0.5) is 0 Å². The molecule has 1 heterocycles. The molecule has 0 radical (unpaired) electrons. The lowest BCUT2D eigenvalue weighted by Gasteiger charge is -2.27. The van der Waals surface area contributed by atoms with E-state index in [9.17, 15) is 0 Å². The number of fused-ring (bicyclic) bond motifs is 1. The van der Waals surface area contributed by atoms with Gasteiger partial charge in [-0.05, 0) is 37.5 Å². The van der Waals surface area contributed by atoms with Crippen molar-refractivity contribution in [2.24, 2.45) is 0 Å². The van der Waals surface area contributed by atoms with Crippen molar-refractivity contribution in [2.75, 3.05) is 0 Å². The minimum Gasteiger partial charge on any atom is -0.321 e. The van der Waals surface area contributed by atoms with Crippen molar-refractivity contribution in [2.45, 2.75) is 48.9 Å². The number of aromatic nitrogens is 2. The van der Waals surface area contributed by atoms with Gasteiger partial charge in [0, 0.05) is 6.04 Å². The first-order valence-electron chi connectivity index (χ1n) is 7.02. The zero-order chi connectivity index (χ0) is 14.3. The van der Waals surface area contributed by atoms with E-state index in [1.165, 1.54) is 24.8 Å². The zero-order valence-corrected chi connectivity index (χ0v) is 13.6. The summed E-state index contributed by atoms with van der Waals surface area (Å²) in [5, 5.41) is 0. The van der Waals surface area contributed by atoms with Crippen LogP contribution in [0.1, 0.15) is 49.5 Å². The summed E-state index contributed by atoms with van der Waals surface area (Å²) in [6.45, 7) is 2.08. The van der Waals surface area contributed by atoms with Crippen molar-refractivity contribution in [1.82, 2.24) is 9.55 Å². The molecule has 2 nitrogen and oxygen atoms in total. The normalized spacial score (nSPS) is 17.8. The third-order valence-corrected chi connectivity index (χ3v) is 4.55. The van der Waals surface area contributed by atoms with Crippen LogP contribution >= 0.6 is 34.8 Å². The molecule has 1 saturated carbocycles. The summed E-state index contributed by atoms with van der Waals surface area (Å²) in [7, 11) is 0. The van der Waals surface area contributed by atoms with Gasteiger partial charge in [0.05, 0.1) is 11.0 Å². The van der Waals surface area contributed by atoms with Gasteiger partial charge in [0.1, 0.15) is 0 Å². The van der Waals surface area contributed by atoms with Crippen LogP contribution < -0.4 is 0 Å². The van der Waals surface area contributed by atoms with E-state index in [0.717, 1.165) is 23.9 Å². The summed E-state index contributed by atoms with van der Waals surface area (Å²) in [6, 6.07) is 6.57. The highest BCUT2D eigenvalue weighted by Crippen LogP contribution is 2.42. The third-order valence-electron chi connectivity index (χ3n) is 4.04. The average molecular weight is 332 g/mol. The van der Waals surface area contributed by atoms with Crippen LogP contribution in [0.5, 0.6) is 0 Å². The highest BCUT2D eigenvalue weighted by Gasteiger charge is 2.33. The first kappa shape index (κ1) is 14.5. The Hall–Kier alpha value is -0.440. The average Bonchev–Trinajstić information content (AvgIpc) is 2.78. The van der Waals surface area contributed by atoms with Gasteiger partial charge in [-0.25, -0.2) is 4.98 Å². The van der Waals surface area contributed by atoms with Gasteiger partial charge in [-0.2, -0.15) is 0 Å². The predicted octanol–water partition coefficient (Wildman–Crippen LogP) is 5.68. The lowest BCUT2D eigenvalue weighted by atomic mass is 9.95. The first-order valence-corrected chi connectivity index (χ1v) is 8.16. The van der Waals surface area contributed by atoms with Crippen LogP contribution in [0.15, 0.2) is 18.2 Å². The van der Waals surface area contributed by atoms with Crippen molar-refractivity contribution in [3.63, 3.8) is 0 Å². The molecule has 1 aromatic carbocycles. The summed E-state index contributed by atoms with van der Waals surface area (Å²) >= 11 is 18.4. The summed E-state index contributed by atoms with van der Waals surface area (Å²) in [5.74, 6) is 0.551. The SMILES string of the molecule is Cc1ccc2nc(C(Cl)(Cl)Cl)n(C3CCCCC3)c2c1. The van der Waals surface area contributed by atoms with Gasteiger partial charge in [-0.1, -0.05) is 60.1 Å². The van der Waals surface area contributed by atoms with E-state index in [1.54, 1.807) is 0 Å². The van der Waals surface area contributed by atoms with Crippen LogP contribution in [0, 0.1) is 6.92 Å². The molecule has 0 aliphatic heterocycles. The van der Waals surface area contributed by atoms with E-state index in [2.05, 4.69) is 22.5 Å².